The first-order chi connectivity index (χ1) is 11.7. The van der Waals surface area contributed by atoms with Gasteiger partial charge < -0.3 is 9.47 Å². The predicted molar refractivity (Wildman–Crippen MR) is 90.9 cm³/mol. The number of rotatable bonds is 5. The molecule has 0 amide bonds. The van der Waals surface area contributed by atoms with Crippen LogP contribution in [0.3, 0.4) is 0 Å². The Labute approximate surface area is 141 Å². The van der Waals surface area contributed by atoms with Crippen LogP contribution in [0.15, 0.2) is 48.5 Å². The maximum Gasteiger partial charge on any atom is 0.269 e. The van der Waals surface area contributed by atoms with Crippen molar-refractivity contribution < 1.29 is 14.4 Å². The molecule has 1 heterocycles. The van der Waals surface area contributed by atoms with E-state index in [0.29, 0.717) is 13.2 Å². The Morgan fingerprint density at radius 3 is 2.12 bits per heavy atom. The predicted octanol–water partition coefficient (Wildman–Crippen LogP) is 4.38. The molecule has 0 aliphatic carbocycles. The van der Waals surface area contributed by atoms with Crippen LogP contribution in [-0.2, 0) is 15.9 Å². The van der Waals surface area contributed by atoms with Gasteiger partial charge in [0.2, 0.25) is 0 Å². The third-order valence-electron chi connectivity index (χ3n) is 4.26. The van der Waals surface area contributed by atoms with Gasteiger partial charge in [0.1, 0.15) is 0 Å². The van der Waals surface area contributed by atoms with Crippen molar-refractivity contribution in [1.29, 1.82) is 0 Å². The third-order valence-corrected chi connectivity index (χ3v) is 4.26. The molecule has 5 heteroatoms. The molecule has 0 aromatic heterocycles. The van der Waals surface area contributed by atoms with Crippen molar-refractivity contribution >= 4 is 5.69 Å². The lowest BCUT2D eigenvalue weighted by molar-refractivity contribution is -0.384. The Balaban J connectivity index is 1.59. The van der Waals surface area contributed by atoms with Gasteiger partial charge >= 0.3 is 0 Å². The van der Waals surface area contributed by atoms with Crippen molar-refractivity contribution in [2.45, 2.75) is 32.0 Å². The van der Waals surface area contributed by atoms with E-state index in [2.05, 4.69) is 31.2 Å². The number of nitro benzene ring substituents is 1. The molecule has 0 N–H and O–H groups in total. The number of non-ortho nitro benzene ring substituents is 1. The summed E-state index contributed by atoms with van der Waals surface area (Å²) in [5.74, 6) is 0.218. The third kappa shape index (κ3) is 3.80. The minimum Gasteiger partial charge on any atom is -0.348 e. The van der Waals surface area contributed by atoms with Crippen LogP contribution in [0.4, 0.5) is 5.69 Å². The SMILES string of the molecule is CCCc1ccc([C@H]2CO[C@H](c3ccc([N+](=O)[O-])cc3)OC2)cc1. The van der Waals surface area contributed by atoms with E-state index in [4.69, 9.17) is 9.47 Å². The van der Waals surface area contributed by atoms with Crippen LogP contribution >= 0.6 is 0 Å². The van der Waals surface area contributed by atoms with Crippen LogP contribution in [0, 0.1) is 10.1 Å². The molecule has 126 valence electrons. The number of aryl methyl sites for hydroxylation is 1. The van der Waals surface area contributed by atoms with E-state index >= 15 is 0 Å². The van der Waals surface area contributed by atoms with E-state index in [-0.39, 0.29) is 11.6 Å². The zero-order valence-corrected chi connectivity index (χ0v) is 13.7. The highest BCUT2D eigenvalue weighted by atomic mass is 16.7. The number of benzene rings is 2. The Hall–Kier alpha value is -2.24. The average molecular weight is 327 g/mol. The first-order valence-electron chi connectivity index (χ1n) is 8.23. The van der Waals surface area contributed by atoms with E-state index in [9.17, 15) is 10.1 Å². The van der Waals surface area contributed by atoms with Crippen LogP contribution in [0.5, 0.6) is 0 Å². The van der Waals surface area contributed by atoms with Gasteiger partial charge in [-0.3, -0.25) is 10.1 Å². The topological polar surface area (TPSA) is 61.6 Å². The van der Waals surface area contributed by atoms with Crippen LogP contribution in [0.2, 0.25) is 0 Å². The molecule has 0 spiro atoms. The molecule has 0 unspecified atom stereocenters. The molecule has 1 fully saturated rings. The fourth-order valence-electron chi connectivity index (χ4n) is 2.89. The molecule has 0 saturated carbocycles. The standard InChI is InChI=1S/C19H21NO4/c1-2-3-14-4-6-15(7-5-14)17-12-23-19(24-13-17)16-8-10-18(11-9-16)20(21)22/h4-11,17,19H,2-3,12-13H2,1H3/t17-,19-. The lowest BCUT2D eigenvalue weighted by atomic mass is 9.98. The van der Waals surface area contributed by atoms with Gasteiger partial charge in [-0.15, -0.1) is 0 Å². The summed E-state index contributed by atoms with van der Waals surface area (Å²) in [5.41, 5.74) is 3.44. The van der Waals surface area contributed by atoms with Crippen molar-refractivity contribution in [3.63, 3.8) is 0 Å². The minimum absolute atomic E-state index is 0.0691. The van der Waals surface area contributed by atoms with Gasteiger partial charge in [0.05, 0.1) is 18.1 Å². The zero-order valence-electron chi connectivity index (χ0n) is 13.7. The molecular formula is C19H21NO4. The van der Waals surface area contributed by atoms with Crippen LogP contribution in [-0.4, -0.2) is 18.1 Å². The Kier molecular flexibility index (Phi) is 5.23. The summed E-state index contributed by atoms with van der Waals surface area (Å²) in [6, 6.07) is 14.9. The monoisotopic (exact) mass is 327 g/mol. The van der Waals surface area contributed by atoms with Gasteiger partial charge in [-0.2, -0.15) is 0 Å². The van der Waals surface area contributed by atoms with Crippen LogP contribution in [0.1, 0.15) is 42.2 Å². The molecule has 24 heavy (non-hydrogen) atoms. The quantitative estimate of drug-likeness (QED) is 0.604. The van der Waals surface area contributed by atoms with Crippen molar-refractivity contribution in [3.8, 4) is 0 Å². The molecule has 1 aliphatic rings. The van der Waals surface area contributed by atoms with Crippen LogP contribution in [0.25, 0.3) is 0 Å². The smallest absolute Gasteiger partial charge is 0.269 e. The second kappa shape index (κ2) is 7.55. The van der Waals surface area contributed by atoms with Crippen molar-refractivity contribution in [1.82, 2.24) is 0 Å². The van der Waals surface area contributed by atoms with Crippen molar-refractivity contribution in [2.24, 2.45) is 0 Å². The lowest BCUT2D eigenvalue weighted by Gasteiger charge is -2.30. The molecule has 0 atom stereocenters. The summed E-state index contributed by atoms with van der Waals surface area (Å²) >= 11 is 0. The van der Waals surface area contributed by atoms with Crippen LogP contribution < -0.4 is 0 Å². The van der Waals surface area contributed by atoms with Gasteiger partial charge in [-0.25, -0.2) is 0 Å². The van der Waals surface area contributed by atoms with E-state index in [1.807, 2.05) is 0 Å². The van der Waals surface area contributed by atoms with Gasteiger partial charge in [0, 0.05) is 23.6 Å². The highest BCUT2D eigenvalue weighted by Gasteiger charge is 2.25. The molecule has 3 rings (SSSR count). The van der Waals surface area contributed by atoms with Gasteiger partial charge in [-0.1, -0.05) is 37.6 Å². The molecular weight excluding hydrogens is 306 g/mol. The van der Waals surface area contributed by atoms with E-state index in [0.717, 1.165) is 18.4 Å². The summed E-state index contributed by atoms with van der Waals surface area (Å²) in [6.45, 7) is 3.33. The summed E-state index contributed by atoms with van der Waals surface area (Å²) in [4.78, 5) is 10.3. The highest BCUT2D eigenvalue weighted by molar-refractivity contribution is 5.33. The van der Waals surface area contributed by atoms with E-state index in [1.165, 1.54) is 23.3 Å². The maximum atomic E-state index is 10.7. The molecule has 0 bridgehead atoms. The molecule has 1 aliphatic heterocycles. The zero-order chi connectivity index (χ0) is 16.9. The summed E-state index contributed by atoms with van der Waals surface area (Å²) in [5, 5.41) is 10.7. The first kappa shape index (κ1) is 16.6. The molecule has 0 radical (unpaired) electrons. The Morgan fingerprint density at radius 1 is 1.00 bits per heavy atom. The number of hydrogen-bond acceptors (Lipinski definition) is 4. The normalized spacial score (nSPS) is 20.7. The summed E-state index contributed by atoms with van der Waals surface area (Å²) in [6.07, 6.45) is 1.79. The number of nitro groups is 1. The van der Waals surface area contributed by atoms with E-state index < -0.39 is 11.2 Å². The molecule has 2 aromatic rings. The lowest BCUT2D eigenvalue weighted by Crippen LogP contribution is -2.25. The second-order valence-corrected chi connectivity index (χ2v) is 6.04. The van der Waals surface area contributed by atoms with Gasteiger partial charge in [0.25, 0.3) is 5.69 Å². The average Bonchev–Trinajstić information content (AvgIpc) is 2.63. The number of ether oxygens (including phenoxy) is 2. The molecule has 2 aromatic carbocycles. The van der Waals surface area contributed by atoms with Gasteiger partial charge in [-0.05, 0) is 29.7 Å². The van der Waals surface area contributed by atoms with Crippen molar-refractivity contribution in [2.75, 3.05) is 13.2 Å². The first-order valence-corrected chi connectivity index (χ1v) is 8.23. The minimum atomic E-state index is -0.457. The van der Waals surface area contributed by atoms with Crippen molar-refractivity contribution in [3.05, 3.63) is 75.3 Å². The highest BCUT2D eigenvalue weighted by Crippen LogP contribution is 2.30. The molecule has 1 saturated heterocycles. The fraction of sp³-hybridized carbons (Fsp3) is 0.368. The Morgan fingerprint density at radius 2 is 1.58 bits per heavy atom. The summed E-state index contributed by atoms with van der Waals surface area (Å²) < 4.78 is 11.6. The fourth-order valence-corrected chi connectivity index (χ4v) is 2.89. The maximum absolute atomic E-state index is 10.7. The van der Waals surface area contributed by atoms with Gasteiger partial charge in [0.15, 0.2) is 6.29 Å². The second-order valence-electron chi connectivity index (χ2n) is 6.04. The van der Waals surface area contributed by atoms with E-state index in [1.54, 1.807) is 12.1 Å². The number of hydrogen-bond donors (Lipinski definition) is 0. The Bertz CT molecular complexity index is 674. The molecule has 5 nitrogen and oxygen atoms in total. The largest absolute Gasteiger partial charge is 0.348 e. The summed E-state index contributed by atoms with van der Waals surface area (Å²) in [7, 11) is 0. The number of nitrogens with zero attached hydrogens (tertiary/aromatic N) is 1.